The average Bonchev–Trinajstić information content (AvgIpc) is 3.38. The van der Waals surface area contributed by atoms with Crippen molar-refractivity contribution in [2.24, 2.45) is 0 Å². The van der Waals surface area contributed by atoms with E-state index in [4.69, 9.17) is 26.4 Å². The van der Waals surface area contributed by atoms with Crippen LogP contribution < -0.4 is 9.64 Å². The van der Waals surface area contributed by atoms with Crippen LogP contribution in [0.1, 0.15) is 36.7 Å². The number of amides is 1. The molecule has 0 bridgehead atoms. The van der Waals surface area contributed by atoms with E-state index in [9.17, 15) is 24.5 Å². The van der Waals surface area contributed by atoms with Gasteiger partial charge in [-0.05, 0) is 39.0 Å². The molecule has 0 unspecified atom stereocenters. The summed E-state index contributed by atoms with van der Waals surface area (Å²) in [6.07, 6.45) is 0. The molecule has 0 saturated carbocycles. The van der Waals surface area contributed by atoms with Crippen molar-refractivity contribution in [2.75, 3.05) is 25.7 Å². The summed E-state index contributed by atoms with van der Waals surface area (Å²) in [6.45, 7) is 5.70. The topological polar surface area (TPSA) is 125 Å². The molecule has 2 aliphatic rings. The molecule has 0 saturated heterocycles. The van der Waals surface area contributed by atoms with E-state index in [1.165, 1.54) is 43.4 Å². The first-order valence-corrected chi connectivity index (χ1v) is 13.9. The van der Waals surface area contributed by atoms with Crippen molar-refractivity contribution in [3.8, 4) is 5.75 Å². The number of fused-ring (bicyclic) bond motifs is 1. The number of hydrogen-bond acceptors (Lipinski definition) is 11. The molecule has 0 aliphatic carbocycles. The monoisotopic (exact) mass is 600 g/mol. The molecule has 4 rings (SSSR count). The summed E-state index contributed by atoms with van der Waals surface area (Å²) < 4.78 is 16.3. The molecule has 2 aromatic carbocycles. The van der Waals surface area contributed by atoms with Gasteiger partial charge in [-0.1, -0.05) is 47.9 Å². The lowest BCUT2D eigenvalue weighted by atomic mass is 9.82. The first-order chi connectivity index (χ1) is 19.0. The molecule has 40 heavy (non-hydrogen) atoms. The minimum atomic E-state index is -1.10. The maximum absolute atomic E-state index is 14.0. The smallest absolute Gasteiger partial charge is 0.346 e. The van der Waals surface area contributed by atoms with E-state index >= 15 is 0 Å². The zero-order valence-corrected chi connectivity index (χ0v) is 24.6. The second kappa shape index (κ2) is 11.4. The quantitative estimate of drug-likeness (QED) is 0.137. The van der Waals surface area contributed by atoms with Gasteiger partial charge in [-0.3, -0.25) is 19.8 Å². The van der Waals surface area contributed by atoms with Gasteiger partial charge in [0.05, 0.1) is 46.1 Å². The third kappa shape index (κ3) is 5.00. The van der Waals surface area contributed by atoms with Gasteiger partial charge in [-0.25, -0.2) is 9.59 Å². The Morgan fingerprint density at radius 2 is 1.57 bits per heavy atom. The summed E-state index contributed by atoms with van der Waals surface area (Å²) in [5, 5.41) is 11.1. The van der Waals surface area contributed by atoms with Crippen LogP contribution in [0.5, 0.6) is 5.75 Å². The summed E-state index contributed by atoms with van der Waals surface area (Å²) in [5.74, 6) is -1.39. The molecule has 0 spiro atoms. The van der Waals surface area contributed by atoms with Crippen LogP contribution in [-0.2, 0) is 19.1 Å². The molecule has 2 aliphatic heterocycles. The van der Waals surface area contributed by atoms with Gasteiger partial charge in [0, 0.05) is 28.8 Å². The fraction of sp³-hybridized carbons (Fsp3) is 0.259. The molecule has 0 N–H and O–H groups in total. The lowest BCUT2D eigenvalue weighted by Crippen LogP contribution is -2.56. The number of benzene rings is 2. The Morgan fingerprint density at radius 3 is 2.08 bits per heavy atom. The number of ether oxygens (including phenoxy) is 3. The number of esters is 2. The van der Waals surface area contributed by atoms with Gasteiger partial charge in [0.15, 0.2) is 0 Å². The molecule has 0 aromatic heterocycles. The van der Waals surface area contributed by atoms with Crippen LogP contribution in [0.2, 0.25) is 0 Å². The van der Waals surface area contributed by atoms with Crippen LogP contribution in [-0.4, -0.2) is 54.0 Å². The number of para-hydroxylation sites is 1. The highest BCUT2D eigenvalue weighted by molar-refractivity contribution is 8.29. The molecule has 2 aromatic rings. The minimum Gasteiger partial charge on any atom is -0.492 e. The number of nitro benzene ring substituents is 1. The number of thiocarbonyl (C=S) groups is 1. The molecule has 0 fully saturated rings. The normalized spacial score (nSPS) is 16.0. The Morgan fingerprint density at radius 1 is 1.00 bits per heavy atom. The number of rotatable bonds is 6. The van der Waals surface area contributed by atoms with E-state index in [1.54, 1.807) is 32.0 Å². The first kappa shape index (κ1) is 29.3. The van der Waals surface area contributed by atoms with Crippen molar-refractivity contribution in [3.63, 3.8) is 0 Å². The van der Waals surface area contributed by atoms with Crippen LogP contribution in [0.15, 0.2) is 56.5 Å². The lowest BCUT2D eigenvalue weighted by Gasteiger charge is -2.45. The number of nitro groups is 1. The molecular weight excluding hydrogens is 577 g/mol. The third-order valence-electron chi connectivity index (χ3n) is 6.20. The summed E-state index contributed by atoms with van der Waals surface area (Å²) in [4.78, 5) is 51.8. The zero-order chi connectivity index (χ0) is 29.4. The maximum Gasteiger partial charge on any atom is 0.346 e. The first-order valence-electron chi connectivity index (χ1n) is 11.9. The Balaban J connectivity index is 1.94. The Hall–Kier alpha value is -3.68. The highest BCUT2D eigenvalue weighted by Crippen LogP contribution is 2.57. The summed E-state index contributed by atoms with van der Waals surface area (Å²) >= 11 is 8.09. The Labute approximate surface area is 243 Å². The predicted octanol–water partition coefficient (Wildman–Crippen LogP) is 5.51. The van der Waals surface area contributed by atoms with Gasteiger partial charge in [0.1, 0.15) is 15.6 Å². The molecule has 1 amide bonds. The van der Waals surface area contributed by atoms with Crippen LogP contribution in [0.25, 0.3) is 5.57 Å². The van der Waals surface area contributed by atoms with Crippen LogP contribution in [0.4, 0.5) is 11.4 Å². The SMILES string of the molecule is CCOc1cccc2c1N(C(=O)c1ccc([N+](=O)[O-])cc1)C(C)(C)C(=S)C2=C1SC(C(=O)OC)=C(C(=O)OC)S1. The third-order valence-corrected chi connectivity index (χ3v) is 9.46. The van der Waals surface area contributed by atoms with Crippen molar-refractivity contribution in [2.45, 2.75) is 26.3 Å². The standard InChI is InChI=1S/C27H24N2O8S3/c1-6-37-17-9-7-8-16-18(26-39-20(24(31)35-4)21(40-26)25(32)36-5)22(38)27(2,3)28(19(16)17)23(30)14-10-12-15(13-11-14)29(33)34/h7-13H,6H2,1-5H3. The van der Waals surface area contributed by atoms with Crippen molar-refractivity contribution >= 4 is 75.4 Å². The summed E-state index contributed by atoms with van der Waals surface area (Å²) in [5.41, 5.74) is 0.564. The second-order valence-corrected chi connectivity index (χ2v) is 11.6. The number of thioether (sulfide) groups is 2. The average molecular weight is 601 g/mol. The Kier molecular flexibility index (Phi) is 8.38. The highest BCUT2D eigenvalue weighted by Gasteiger charge is 2.47. The minimum absolute atomic E-state index is 0.0781. The van der Waals surface area contributed by atoms with E-state index in [2.05, 4.69) is 0 Å². The van der Waals surface area contributed by atoms with E-state index in [0.717, 1.165) is 23.5 Å². The molecule has 0 radical (unpaired) electrons. The van der Waals surface area contributed by atoms with Gasteiger partial charge < -0.3 is 14.2 Å². The zero-order valence-electron chi connectivity index (χ0n) is 22.1. The van der Waals surface area contributed by atoms with Gasteiger partial charge in [0.25, 0.3) is 11.6 Å². The fourth-order valence-corrected chi connectivity index (χ4v) is 7.34. The van der Waals surface area contributed by atoms with Crippen LogP contribution in [0.3, 0.4) is 0 Å². The van der Waals surface area contributed by atoms with Crippen molar-refractivity contribution in [1.29, 1.82) is 0 Å². The number of non-ortho nitro benzene ring substituents is 1. The van der Waals surface area contributed by atoms with Crippen LogP contribution >= 0.6 is 35.7 Å². The largest absolute Gasteiger partial charge is 0.492 e. The fourth-order valence-electron chi connectivity index (χ4n) is 4.30. The van der Waals surface area contributed by atoms with Crippen LogP contribution in [0, 0.1) is 10.1 Å². The van der Waals surface area contributed by atoms with Gasteiger partial charge >= 0.3 is 11.9 Å². The van der Waals surface area contributed by atoms with E-state index < -0.39 is 28.3 Å². The maximum atomic E-state index is 14.0. The number of carbonyl (C=O) groups is 3. The predicted molar refractivity (Wildman–Crippen MR) is 157 cm³/mol. The second-order valence-electron chi connectivity index (χ2n) is 8.93. The summed E-state index contributed by atoms with van der Waals surface area (Å²) in [7, 11) is 2.45. The molecule has 10 nitrogen and oxygen atoms in total. The number of nitrogens with zero attached hydrogens (tertiary/aromatic N) is 2. The molecule has 13 heteroatoms. The number of hydrogen-bond donors (Lipinski definition) is 0. The van der Waals surface area contributed by atoms with Crippen molar-refractivity contribution < 1.29 is 33.5 Å². The molecule has 208 valence electrons. The van der Waals surface area contributed by atoms with Gasteiger partial charge in [-0.2, -0.15) is 0 Å². The number of methoxy groups -OCH3 is 2. The molecule has 0 atom stereocenters. The van der Waals surface area contributed by atoms with E-state index in [1.807, 2.05) is 6.92 Å². The number of carbonyl (C=O) groups excluding carboxylic acids is 3. The Bertz CT molecular complexity index is 1480. The van der Waals surface area contributed by atoms with Gasteiger partial charge in [0.2, 0.25) is 0 Å². The highest BCUT2D eigenvalue weighted by atomic mass is 32.2. The van der Waals surface area contributed by atoms with E-state index in [-0.39, 0.29) is 21.1 Å². The van der Waals surface area contributed by atoms with Crippen molar-refractivity contribution in [1.82, 2.24) is 0 Å². The summed E-state index contributed by atoms with van der Waals surface area (Å²) in [6, 6.07) is 10.6. The number of anilines is 1. The molecular formula is C27H24N2O8S3. The molecule has 2 heterocycles. The van der Waals surface area contributed by atoms with Crippen molar-refractivity contribution in [3.05, 3.63) is 77.8 Å². The lowest BCUT2D eigenvalue weighted by molar-refractivity contribution is -0.384. The van der Waals surface area contributed by atoms with E-state index in [0.29, 0.717) is 38.3 Å². The van der Waals surface area contributed by atoms with Gasteiger partial charge in [-0.15, -0.1) is 0 Å².